The molecule has 0 aliphatic carbocycles. The Bertz CT molecular complexity index is 975. The van der Waals surface area contributed by atoms with Gasteiger partial charge in [0.05, 0.1) is 11.5 Å². The first-order chi connectivity index (χ1) is 12.5. The van der Waals surface area contributed by atoms with Crippen molar-refractivity contribution in [2.75, 3.05) is 6.61 Å². The van der Waals surface area contributed by atoms with Gasteiger partial charge >= 0.3 is 5.97 Å². The Morgan fingerprint density at radius 2 is 2.04 bits per heavy atom. The van der Waals surface area contributed by atoms with E-state index in [1.165, 1.54) is 12.1 Å². The van der Waals surface area contributed by atoms with Gasteiger partial charge in [-0.25, -0.2) is 4.79 Å². The molecule has 26 heavy (non-hydrogen) atoms. The fraction of sp³-hybridized carbons (Fsp3) is 0.211. The molecular weight excluding hydrogens is 338 g/mol. The zero-order valence-electron chi connectivity index (χ0n) is 14.4. The number of hydrogen-bond acceptors (Lipinski definition) is 6. The van der Waals surface area contributed by atoms with Crippen LogP contribution >= 0.6 is 0 Å². The molecule has 0 aliphatic rings. The molecule has 0 saturated heterocycles. The summed E-state index contributed by atoms with van der Waals surface area (Å²) in [6.07, 6.45) is 0. The number of furan rings is 1. The summed E-state index contributed by atoms with van der Waals surface area (Å²) in [5, 5.41) is 11.6. The highest BCUT2D eigenvalue weighted by Crippen LogP contribution is 2.29. The lowest BCUT2D eigenvalue weighted by atomic mass is 10.1. The van der Waals surface area contributed by atoms with Crippen LogP contribution in [0.25, 0.3) is 11.0 Å². The highest BCUT2D eigenvalue weighted by Gasteiger charge is 2.20. The van der Waals surface area contributed by atoms with E-state index in [0.717, 1.165) is 5.39 Å². The molecule has 0 aliphatic heterocycles. The Hall–Kier alpha value is -3.35. The second kappa shape index (κ2) is 7.26. The van der Waals surface area contributed by atoms with Gasteiger partial charge in [0.15, 0.2) is 0 Å². The largest absolute Gasteiger partial charge is 0.494 e. The van der Waals surface area contributed by atoms with Gasteiger partial charge in [-0.2, -0.15) is 0 Å². The number of nitrogens with zero attached hydrogens (tertiary/aromatic N) is 1. The van der Waals surface area contributed by atoms with Crippen molar-refractivity contribution < 1.29 is 23.6 Å². The van der Waals surface area contributed by atoms with Gasteiger partial charge in [0.2, 0.25) is 5.76 Å². The summed E-state index contributed by atoms with van der Waals surface area (Å²) in [6, 6.07) is 11.3. The van der Waals surface area contributed by atoms with E-state index < -0.39 is 10.9 Å². The number of ether oxygens (including phenoxy) is 2. The average molecular weight is 355 g/mol. The summed E-state index contributed by atoms with van der Waals surface area (Å²) >= 11 is 0. The molecular formula is C19H17NO6. The van der Waals surface area contributed by atoms with Gasteiger partial charge in [-0.15, -0.1) is 0 Å². The molecule has 0 bridgehead atoms. The molecule has 0 amide bonds. The van der Waals surface area contributed by atoms with Crippen LogP contribution in [0, 0.1) is 17.0 Å². The van der Waals surface area contributed by atoms with Crippen LogP contribution < -0.4 is 4.74 Å². The van der Waals surface area contributed by atoms with E-state index >= 15 is 0 Å². The highest BCUT2D eigenvalue weighted by atomic mass is 16.6. The Labute approximate surface area is 149 Å². The maximum Gasteiger partial charge on any atom is 0.374 e. The standard InChI is InChI=1S/C19H17NO6/c1-3-24-15-7-8-17-16(10-15)12(2)18(26-17)19(21)25-11-13-5-4-6-14(9-13)20(22)23/h4-10H,3,11H2,1-2H3. The van der Waals surface area contributed by atoms with E-state index in [2.05, 4.69) is 0 Å². The van der Waals surface area contributed by atoms with Gasteiger partial charge < -0.3 is 13.9 Å². The van der Waals surface area contributed by atoms with Crippen molar-refractivity contribution in [1.82, 2.24) is 0 Å². The third-order valence-corrected chi connectivity index (χ3v) is 3.90. The SMILES string of the molecule is CCOc1ccc2oc(C(=O)OCc3cccc([N+](=O)[O-])c3)c(C)c2c1. The smallest absolute Gasteiger partial charge is 0.374 e. The summed E-state index contributed by atoms with van der Waals surface area (Å²) in [5.74, 6) is 0.183. The first kappa shape index (κ1) is 17.5. The van der Waals surface area contributed by atoms with Crippen LogP contribution in [-0.4, -0.2) is 17.5 Å². The van der Waals surface area contributed by atoms with E-state index in [1.54, 1.807) is 31.2 Å². The number of non-ortho nitro benzene ring substituents is 1. The molecule has 0 unspecified atom stereocenters. The first-order valence-corrected chi connectivity index (χ1v) is 8.06. The molecule has 3 rings (SSSR count). The Morgan fingerprint density at radius 3 is 2.77 bits per heavy atom. The predicted molar refractivity (Wildman–Crippen MR) is 94.3 cm³/mol. The lowest BCUT2D eigenvalue weighted by Crippen LogP contribution is -2.05. The van der Waals surface area contributed by atoms with Crippen LogP contribution in [-0.2, 0) is 11.3 Å². The Kier molecular flexibility index (Phi) is 4.88. The summed E-state index contributed by atoms with van der Waals surface area (Å²) in [5.41, 5.74) is 1.70. The maximum absolute atomic E-state index is 12.4. The number of carbonyl (C=O) groups excluding carboxylic acids is 1. The fourth-order valence-electron chi connectivity index (χ4n) is 2.63. The van der Waals surface area contributed by atoms with Crippen LogP contribution in [0.3, 0.4) is 0 Å². The normalized spacial score (nSPS) is 10.7. The molecule has 0 fully saturated rings. The van der Waals surface area contributed by atoms with Crippen molar-refractivity contribution in [3.63, 3.8) is 0 Å². The van der Waals surface area contributed by atoms with Crippen LogP contribution in [0.2, 0.25) is 0 Å². The second-order valence-corrected chi connectivity index (χ2v) is 5.65. The molecule has 1 heterocycles. The molecule has 3 aromatic rings. The van der Waals surface area contributed by atoms with Crippen molar-refractivity contribution in [1.29, 1.82) is 0 Å². The molecule has 0 saturated carbocycles. The monoisotopic (exact) mass is 355 g/mol. The van der Waals surface area contributed by atoms with Crippen LogP contribution in [0.15, 0.2) is 46.9 Å². The van der Waals surface area contributed by atoms with Crippen molar-refractivity contribution in [2.24, 2.45) is 0 Å². The van der Waals surface area contributed by atoms with E-state index in [-0.39, 0.29) is 18.1 Å². The molecule has 0 spiro atoms. The van der Waals surface area contributed by atoms with Gasteiger partial charge in [-0.1, -0.05) is 12.1 Å². The Morgan fingerprint density at radius 1 is 1.23 bits per heavy atom. The van der Waals surface area contributed by atoms with Gasteiger partial charge in [0.25, 0.3) is 5.69 Å². The summed E-state index contributed by atoms with van der Waals surface area (Å²) < 4.78 is 16.3. The number of esters is 1. The van der Waals surface area contributed by atoms with Crippen molar-refractivity contribution >= 4 is 22.6 Å². The molecule has 1 aromatic heterocycles. The topological polar surface area (TPSA) is 91.8 Å². The molecule has 0 atom stereocenters. The van der Waals surface area contributed by atoms with Crippen LogP contribution in [0.1, 0.15) is 28.6 Å². The number of nitro benzene ring substituents is 1. The van der Waals surface area contributed by atoms with Crippen LogP contribution in [0.4, 0.5) is 5.69 Å². The lowest BCUT2D eigenvalue weighted by Gasteiger charge is -2.04. The first-order valence-electron chi connectivity index (χ1n) is 8.06. The van der Waals surface area contributed by atoms with Crippen molar-refractivity contribution in [2.45, 2.75) is 20.5 Å². The predicted octanol–water partition coefficient (Wildman–Crippen LogP) is 4.41. The van der Waals surface area contributed by atoms with E-state index in [1.807, 2.05) is 13.0 Å². The lowest BCUT2D eigenvalue weighted by molar-refractivity contribution is -0.384. The van der Waals surface area contributed by atoms with E-state index in [9.17, 15) is 14.9 Å². The maximum atomic E-state index is 12.4. The zero-order valence-corrected chi connectivity index (χ0v) is 14.4. The molecule has 2 aromatic carbocycles. The number of aryl methyl sites for hydroxylation is 1. The van der Waals surface area contributed by atoms with Crippen LogP contribution in [0.5, 0.6) is 5.75 Å². The van der Waals surface area contributed by atoms with Crippen molar-refractivity contribution in [3.05, 3.63) is 69.5 Å². The molecule has 0 radical (unpaired) electrons. The number of nitro groups is 1. The molecule has 7 nitrogen and oxygen atoms in total. The minimum Gasteiger partial charge on any atom is -0.494 e. The minimum atomic E-state index is -0.622. The number of rotatable bonds is 6. The molecule has 0 N–H and O–H groups in total. The van der Waals surface area contributed by atoms with Gasteiger partial charge in [-0.05, 0) is 37.6 Å². The van der Waals surface area contributed by atoms with Gasteiger partial charge in [0, 0.05) is 23.1 Å². The molecule has 7 heteroatoms. The summed E-state index contributed by atoms with van der Waals surface area (Å²) in [7, 11) is 0. The number of fused-ring (bicyclic) bond motifs is 1. The van der Waals surface area contributed by atoms with Gasteiger partial charge in [-0.3, -0.25) is 10.1 Å². The zero-order chi connectivity index (χ0) is 18.7. The van der Waals surface area contributed by atoms with Gasteiger partial charge in [0.1, 0.15) is 17.9 Å². The molecule has 134 valence electrons. The Balaban J connectivity index is 1.78. The third kappa shape index (κ3) is 3.51. The summed E-state index contributed by atoms with van der Waals surface area (Å²) in [4.78, 5) is 22.7. The number of benzene rings is 2. The minimum absolute atomic E-state index is 0.0538. The number of carbonyl (C=O) groups is 1. The quantitative estimate of drug-likeness (QED) is 0.369. The van der Waals surface area contributed by atoms with E-state index in [4.69, 9.17) is 13.9 Å². The highest BCUT2D eigenvalue weighted by molar-refractivity contribution is 5.96. The van der Waals surface area contributed by atoms with E-state index in [0.29, 0.717) is 29.1 Å². The number of hydrogen-bond donors (Lipinski definition) is 0. The van der Waals surface area contributed by atoms with Crippen molar-refractivity contribution in [3.8, 4) is 5.75 Å². The fourth-order valence-corrected chi connectivity index (χ4v) is 2.63. The summed E-state index contributed by atoms with van der Waals surface area (Å²) in [6.45, 7) is 4.12. The average Bonchev–Trinajstić information content (AvgIpc) is 2.97. The second-order valence-electron chi connectivity index (χ2n) is 5.65. The third-order valence-electron chi connectivity index (χ3n) is 3.90.